The molecule has 19 heavy (non-hydrogen) atoms. The summed E-state index contributed by atoms with van der Waals surface area (Å²) in [5.41, 5.74) is 0. The number of para-hydroxylation sites is 1. The van der Waals surface area contributed by atoms with E-state index < -0.39 is 0 Å². The van der Waals surface area contributed by atoms with Crippen LogP contribution >= 0.6 is 27.3 Å². The average Bonchev–Trinajstić information content (AvgIpc) is 2.83. The fourth-order valence-electron chi connectivity index (χ4n) is 1.89. The smallest absolute Gasteiger partial charge is 0.119 e. The van der Waals surface area contributed by atoms with Gasteiger partial charge in [0.1, 0.15) is 12.4 Å². The molecule has 2 nitrogen and oxygen atoms in total. The van der Waals surface area contributed by atoms with Crippen LogP contribution in [-0.2, 0) is 6.42 Å². The molecule has 1 unspecified atom stereocenters. The van der Waals surface area contributed by atoms with Crippen molar-refractivity contribution in [2.24, 2.45) is 0 Å². The second kappa shape index (κ2) is 7.68. The van der Waals surface area contributed by atoms with Crippen LogP contribution in [0.1, 0.15) is 11.8 Å². The van der Waals surface area contributed by atoms with Crippen LogP contribution in [0.3, 0.4) is 0 Å². The normalized spacial score (nSPS) is 12.3. The highest BCUT2D eigenvalue weighted by molar-refractivity contribution is 9.10. The number of ether oxygens (including phenoxy) is 1. The Hall–Kier alpha value is -0.840. The third kappa shape index (κ3) is 4.64. The molecule has 102 valence electrons. The van der Waals surface area contributed by atoms with Gasteiger partial charge in [-0.2, -0.15) is 0 Å². The summed E-state index contributed by atoms with van der Waals surface area (Å²) < 4.78 is 7.03. The highest BCUT2D eigenvalue weighted by Crippen LogP contribution is 2.24. The van der Waals surface area contributed by atoms with Crippen LogP contribution in [0.15, 0.2) is 46.3 Å². The largest absolute Gasteiger partial charge is 0.492 e. The van der Waals surface area contributed by atoms with Crippen molar-refractivity contribution in [2.75, 3.05) is 13.2 Å². The minimum absolute atomic E-state index is 0.333. The molecule has 4 heteroatoms. The van der Waals surface area contributed by atoms with E-state index in [1.54, 1.807) is 11.3 Å². The second-order valence-corrected chi connectivity index (χ2v) is 6.13. The first-order valence-corrected chi connectivity index (χ1v) is 8.10. The van der Waals surface area contributed by atoms with Gasteiger partial charge in [-0.15, -0.1) is 11.3 Å². The Kier molecular flexibility index (Phi) is 5.89. The van der Waals surface area contributed by atoms with Gasteiger partial charge in [-0.05, 0) is 46.1 Å². The van der Waals surface area contributed by atoms with E-state index in [0.29, 0.717) is 12.6 Å². The molecule has 0 amide bonds. The van der Waals surface area contributed by atoms with Gasteiger partial charge in [-0.25, -0.2) is 0 Å². The summed E-state index contributed by atoms with van der Waals surface area (Å²) in [5, 5.41) is 5.59. The summed E-state index contributed by atoms with van der Waals surface area (Å²) in [4.78, 5) is 1.36. The van der Waals surface area contributed by atoms with Gasteiger partial charge in [0.15, 0.2) is 0 Å². The molecular weight excluding hydrogens is 322 g/mol. The molecule has 0 saturated carbocycles. The molecule has 0 bridgehead atoms. The molecule has 0 spiro atoms. The Balaban J connectivity index is 1.91. The third-order valence-corrected chi connectivity index (χ3v) is 4.76. The van der Waals surface area contributed by atoms with Crippen molar-refractivity contribution in [1.82, 2.24) is 5.32 Å². The first-order valence-electron chi connectivity index (χ1n) is 6.42. The molecule has 0 radical (unpaired) electrons. The highest BCUT2D eigenvalue weighted by Gasteiger charge is 2.12. The fraction of sp³-hybridized carbons (Fsp3) is 0.333. The van der Waals surface area contributed by atoms with Gasteiger partial charge in [0, 0.05) is 21.8 Å². The lowest BCUT2D eigenvalue weighted by Gasteiger charge is -2.18. The van der Waals surface area contributed by atoms with Crippen molar-refractivity contribution in [3.05, 3.63) is 51.1 Å². The van der Waals surface area contributed by atoms with E-state index in [4.69, 9.17) is 4.74 Å². The third-order valence-electron chi connectivity index (χ3n) is 2.81. The van der Waals surface area contributed by atoms with E-state index in [9.17, 15) is 0 Å². The van der Waals surface area contributed by atoms with Gasteiger partial charge < -0.3 is 10.1 Å². The Labute approximate surface area is 126 Å². The molecule has 1 atom stereocenters. The SMILES string of the molecule is CCNC(COc1ccccc1)Cc1sccc1Br. The van der Waals surface area contributed by atoms with Crippen molar-refractivity contribution in [3.8, 4) is 5.75 Å². The van der Waals surface area contributed by atoms with Gasteiger partial charge in [0.05, 0.1) is 0 Å². The van der Waals surface area contributed by atoms with Crippen LogP contribution in [0, 0.1) is 0 Å². The molecule has 1 N–H and O–H groups in total. The van der Waals surface area contributed by atoms with Crippen LogP contribution in [-0.4, -0.2) is 19.2 Å². The first-order chi connectivity index (χ1) is 9.29. The highest BCUT2D eigenvalue weighted by atomic mass is 79.9. The molecule has 2 rings (SSSR count). The van der Waals surface area contributed by atoms with E-state index in [-0.39, 0.29) is 0 Å². The fourth-order valence-corrected chi connectivity index (χ4v) is 3.48. The molecule has 0 aliphatic rings. The molecule has 0 fully saturated rings. The monoisotopic (exact) mass is 339 g/mol. The van der Waals surface area contributed by atoms with E-state index in [0.717, 1.165) is 18.7 Å². The number of nitrogens with one attached hydrogen (secondary N) is 1. The van der Waals surface area contributed by atoms with Crippen molar-refractivity contribution in [1.29, 1.82) is 0 Å². The lowest BCUT2D eigenvalue weighted by Crippen LogP contribution is -2.36. The zero-order valence-corrected chi connectivity index (χ0v) is 13.3. The maximum atomic E-state index is 5.84. The van der Waals surface area contributed by atoms with Crippen LogP contribution in [0.4, 0.5) is 0 Å². The minimum atomic E-state index is 0.333. The molecule has 0 saturated heterocycles. The topological polar surface area (TPSA) is 21.3 Å². The van der Waals surface area contributed by atoms with E-state index in [1.807, 2.05) is 30.3 Å². The number of hydrogen-bond donors (Lipinski definition) is 1. The van der Waals surface area contributed by atoms with E-state index >= 15 is 0 Å². The summed E-state index contributed by atoms with van der Waals surface area (Å²) in [6.07, 6.45) is 0.985. The zero-order chi connectivity index (χ0) is 13.5. The number of benzene rings is 1. The number of likely N-dealkylation sites (N-methyl/N-ethyl adjacent to an activating group) is 1. The Morgan fingerprint density at radius 1 is 1.26 bits per heavy atom. The van der Waals surface area contributed by atoms with Gasteiger partial charge in [-0.1, -0.05) is 25.1 Å². The van der Waals surface area contributed by atoms with Crippen molar-refractivity contribution in [3.63, 3.8) is 0 Å². The van der Waals surface area contributed by atoms with Crippen LogP contribution in [0.5, 0.6) is 5.75 Å². The average molecular weight is 340 g/mol. The summed E-state index contributed by atoms with van der Waals surface area (Å²) in [7, 11) is 0. The molecule has 1 aromatic heterocycles. The Morgan fingerprint density at radius 3 is 2.68 bits per heavy atom. The van der Waals surface area contributed by atoms with Gasteiger partial charge >= 0.3 is 0 Å². The van der Waals surface area contributed by atoms with Gasteiger partial charge in [0.25, 0.3) is 0 Å². The molecule has 0 aliphatic carbocycles. The van der Waals surface area contributed by atoms with Crippen LogP contribution in [0.25, 0.3) is 0 Å². The predicted octanol–water partition coefficient (Wildman–Crippen LogP) is 4.11. The van der Waals surface area contributed by atoms with E-state index in [1.165, 1.54) is 9.35 Å². The molecular formula is C15H18BrNOS. The number of hydrogen-bond acceptors (Lipinski definition) is 3. The van der Waals surface area contributed by atoms with Crippen molar-refractivity contribution >= 4 is 27.3 Å². The molecule has 0 aliphatic heterocycles. The summed E-state index contributed by atoms with van der Waals surface area (Å²) in [6, 6.07) is 12.4. The zero-order valence-electron chi connectivity index (χ0n) is 10.9. The van der Waals surface area contributed by atoms with Gasteiger partial charge in [-0.3, -0.25) is 0 Å². The first kappa shape index (κ1) is 14.6. The maximum absolute atomic E-state index is 5.84. The van der Waals surface area contributed by atoms with Crippen molar-refractivity contribution < 1.29 is 4.74 Å². The summed E-state index contributed by atoms with van der Waals surface area (Å²) in [6.45, 7) is 3.76. The lowest BCUT2D eigenvalue weighted by molar-refractivity contribution is 0.265. The predicted molar refractivity (Wildman–Crippen MR) is 85.1 cm³/mol. The number of rotatable bonds is 7. The van der Waals surface area contributed by atoms with Crippen molar-refractivity contribution in [2.45, 2.75) is 19.4 Å². The second-order valence-electron chi connectivity index (χ2n) is 4.27. The van der Waals surface area contributed by atoms with Crippen LogP contribution < -0.4 is 10.1 Å². The Morgan fingerprint density at radius 2 is 2.05 bits per heavy atom. The molecule has 1 aromatic carbocycles. The lowest BCUT2D eigenvalue weighted by atomic mass is 10.2. The summed E-state index contributed by atoms with van der Waals surface area (Å²) >= 11 is 5.37. The maximum Gasteiger partial charge on any atom is 0.119 e. The Bertz CT molecular complexity index is 486. The quantitative estimate of drug-likeness (QED) is 0.819. The minimum Gasteiger partial charge on any atom is -0.492 e. The van der Waals surface area contributed by atoms with E-state index in [2.05, 4.69) is 39.6 Å². The standard InChI is InChI=1S/C15H18BrNOS/c1-2-17-12(10-15-14(16)8-9-19-15)11-18-13-6-4-3-5-7-13/h3-9,12,17H,2,10-11H2,1H3. The molecule has 2 aromatic rings. The number of thiophene rings is 1. The molecule has 1 heterocycles. The number of halogens is 1. The van der Waals surface area contributed by atoms with Crippen LogP contribution in [0.2, 0.25) is 0 Å². The van der Waals surface area contributed by atoms with Gasteiger partial charge in [0.2, 0.25) is 0 Å². The summed E-state index contributed by atoms with van der Waals surface area (Å²) in [5.74, 6) is 0.927.